The molecule has 1 fully saturated rings. The van der Waals surface area contributed by atoms with Gasteiger partial charge in [-0.05, 0) is 55.4 Å². The highest BCUT2D eigenvalue weighted by atomic mass is 16.6. The molecule has 0 aromatic heterocycles. The molecule has 0 amide bonds. The number of hydrogen-bond donors (Lipinski definition) is 0. The molecule has 0 aliphatic heterocycles. The van der Waals surface area contributed by atoms with E-state index in [-0.39, 0.29) is 0 Å². The second-order valence-corrected chi connectivity index (χ2v) is 9.74. The zero-order valence-corrected chi connectivity index (χ0v) is 27.6. The van der Waals surface area contributed by atoms with Crippen LogP contribution in [0, 0.1) is 21.7 Å². The molecule has 0 saturated heterocycles. The van der Waals surface area contributed by atoms with Crippen LogP contribution in [-0.4, -0.2) is 101 Å². The van der Waals surface area contributed by atoms with Crippen LogP contribution in [-0.2, 0) is 76.3 Å². The first-order valence-electron chi connectivity index (χ1n) is 15.1. The Kier molecular flexibility index (Phi) is 14.6. The van der Waals surface area contributed by atoms with Crippen LogP contribution >= 0.6 is 0 Å². The van der Waals surface area contributed by atoms with E-state index in [0.717, 1.165) is 0 Å². The van der Waals surface area contributed by atoms with Crippen LogP contribution in [0.5, 0.6) is 0 Å². The van der Waals surface area contributed by atoms with Gasteiger partial charge < -0.3 is 37.9 Å². The molecule has 1 aliphatic rings. The Morgan fingerprint density at radius 3 is 0.500 bits per heavy atom. The molecule has 0 aromatic rings. The Bertz CT molecular complexity index is 921. The second kappa shape index (κ2) is 16.9. The number of ether oxygens (including phenoxy) is 8. The first kappa shape index (κ1) is 39.8. The Morgan fingerprint density at radius 1 is 0.304 bits per heavy atom. The SMILES string of the molecule is CCOC(=O)C1(C(=O)OCC)CC(C(=O)OCC)(C(=O)OCC)C(C(=O)OCC)(C(=O)OCC)CC1(C(=O)OCC)C(=O)OCC. The number of carbonyl (C=O) groups is 8. The van der Waals surface area contributed by atoms with Crippen LogP contribution in [0.25, 0.3) is 0 Å². The molecular weight excluding hydrogens is 616 g/mol. The van der Waals surface area contributed by atoms with Crippen molar-refractivity contribution in [3.63, 3.8) is 0 Å². The van der Waals surface area contributed by atoms with Gasteiger partial charge in [0.25, 0.3) is 0 Å². The Morgan fingerprint density at radius 2 is 0.413 bits per heavy atom. The lowest BCUT2D eigenvalue weighted by atomic mass is 9.40. The fourth-order valence-electron chi connectivity index (χ4n) is 5.74. The van der Waals surface area contributed by atoms with Gasteiger partial charge >= 0.3 is 47.8 Å². The topological polar surface area (TPSA) is 210 Å². The van der Waals surface area contributed by atoms with Gasteiger partial charge in [0.15, 0.2) is 21.7 Å². The molecular formula is C30H44O16. The van der Waals surface area contributed by atoms with Gasteiger partial charge in [-0.15, -0.1) is 0 Å². The Balaban J connectivity index is 4.96. The lowest BCUT2D eigenvalue weighted by molar-refractivity contribution is -0.241. The van der Waals surface area contributed by atoms with Gasteiger partial charge in [0, 0.05) is 12.8 Å². The van der Waals surface area contributed by atoms with Crippen molar-refractivity contribution >= 4 is 47.8 Å². The van der Waals surface area contributed by atoms with Gasteiger partial charge in [-0.25, -0.2) is 0 Å². The van der Waals surface area contributed by atoms with E-state index in [4.69, 9.17) is 37.9 Å². The molecule has 1 aliphatic carbocycles. The van der Waals surface area contributed by atoms with E-state index in [1.54, 1.807) is 0 Å². The summed E-state index contributed by atoms with van der Waals surface area (Å²) in [6.07, 6.45) is -3.21. The van der Waals surface area contributed by atoms with Crippen molar-refractivity contribution in [1.82, 2.24) is 0 Å². The normalized spacial score (nSPS) is 16.9. The maximum Gasteiger partial charge on any atom is 0.325 e. The van der Waals surface area contributed by atoms with Gasteiger partial charge in [0.05, 0.1) is 52.9 Å². The summed E-state index contributed by atoms with van der Waals surface area (Å²) in [4.78, 5) is 114. The summed E-state index contributed by atoms with van der Waals surface area (Å²) >= 11 is 0. The summed E-state index contributed by atoms with van der Waals surface area (Å²) in [5, 5.41) is 0. The third-order valence-electron chi connectivity index (χ3n) is 7.51. The maximum atomic E-state index is 14.2. The van der Waals surface area contributed by atoms with Crippen molar-refractivity contribution in [3.8, 4) is 0 Å². The zero-order chi connectivity index (χ0) is 35.3. The minimum atomic E-state index is -3.32. The first-order chi connectivity index (χ1) is 21.8. The third kappa shape index (κ3) is 6.25. The van der Waals surface area contributed by atoms with Crippen LogP contribution in [0.3, 0.4) is 0 Å². The number of hydrogen-bond acceptors (Lipinski definition) is 16. The molecule has 0 atom stereocenters. The smallest absolute Gasteiger partial charge is 0.325 e. The zero-order valence-electron chi connectivity index (χ0n) is 27.6. The van der Waals surface area contributed by atoms with Crippen molar-refractivity contribution in [2.45, 2.75) is 68.2 Å². The molecule has 16 nitrogen and oxygen atoms in total. The second-order valence-electron chi connectivity index (χ2n) is 9.74. The molecule has 260 valence electrons. The van der Waals surface area contributed by atoms with E-state index in [0.29, 0.717) is 0 Å². The molecule has 1 rings (SSSR count). The number of carbonyl (C=O) groups excluding carboxylic acids is 8. The molecule has 0 unspecified atom stereocenters. The summed E-state index contributed by atoms with van der Waals surface area (Å²) in [5.74, 6) is -13.0. The maximum absolute atomic E-state index is 14.2. The molecule has 16 heteroatoms. The highest BCUT2D eigenvalue weighted by molar-refractivity contribution is 6.21. The van der Waals surface area contributed by atoms with E-state index in [2.05, 4.69) is 0 Å². The molecule has 46 heavy (non-hydrogen) atoms. The van der Waals surface area contributed by atoms with E-state index >= 15 is 0 Å². The summed E-state index contributed by atoms with van der Waals surface area (Å²) in [6, 6.07) is 0. The molecule has 0 N–H and O–H groups in total. The average Bonchev–Trinajstić information content (AvgIpc) is 3.00. The molecule has 0 radical (unpaired) electrons. The van der Waals surface area contributed by atoms with Crippen molar-refractivity contribution in [3.05, 3.63) is 0 Å². The summed E-state index contributed by atoms with van der Waals surface area (Å²) in [6.45, 7) is 7.08. The largest absolute Gasteiger partial charge is 0.465 e. The number of rotatable bonds is 16. The highest BCUT2D eigenvalue weighted by Crippen LogP contribution is 2.67. The van der Waals surface area contributed by atoms with Crippen LogP contribution in [0.2, 0.25) is 0 Å². The molecule has 0 spiro atoms. The summed E-state index contributed by atoms with van der Waals surface area (Å²) in [5.41, 5.74) is -13.3. The van der Waals surface area contributed by atoms with Crippen LogP contribution in [0.15, 0.2) is 0 Å². The van der Waals surface area contributed by atoms with Crippen LogP contribution < -0.4 is 0 Å². The van der Waals surface area contributed by atoms with Crippen LogP contribution in [0.1, 0.15) is 68.2 Å². The average molecular weight is 661 g/mol. The van der Waals surface area contributed by atoms with Gasteiger partial charge in [0.1, 0.15) is 0 Å². The van der Waals surface area contributed by atoms with Gasteiger partial charge in [-0.3, -0.25) is 38.4 Å². The Hall–Kier alpha value is -4.24. The van der Waals surface area contributed by atoms with E-state index in [9.17, 15) is 38.4 Å². The standard InChI is InChI=1S/C30H44O16/c1-9-39-19(31)27(20(32)40-10-2)17-29(23(35)43-13-5,24(36)44-14-6)30(25(37)45-15-7,26(38)46-16-8)18-28(27,21(33)41-11-3)22(34)42-12-4/h9-18H2,1-8H3. The predicted octanol–water partition coefficient (Wildman–Crippen LogP) is 1.23. The minimum Gasteiger partial charge on any atom is -0.465 e. The monoisotopic (exact) mass is 660 g/mol. The molecule has 0 heterocycles. The lowest BCUT2D eigenvalue weighted by Crippen LogP contribution is -2.77. The molecule has 1 saturated carbocycles. The third-order valence-corrected chi connectivity index (χ3v) is 7.51. The summed E-state index contributed by atoms with van der Waals surface area (Å²) in [7, 11) is 0. The number of esters is 8. The van der Waals surface area contributed by atoms with E-state index in [1.807, 2.05) is 0 Å². The lowest BCUT2D eigenvalue weighted by Gasteiger charge is -2.56. The Labute approximate surface area is 267 Å². The molecule has 0 aromatic carbocycles. The quantitative estimate of drug-likeness (QED) is 0.129. The van der Waals surface area contributed by atoms with Crippen molar-refractivity contribution < 1.29 is 76.3 Å². The summed E-state index contributed by atoms with van der Waals surface area (Å²) < 4.78 is 41.8. The fourth-order valence-corrected chi connectivity index (χ4v) is 5.74. The van der Waals surface area contributed by atoms with Crippen molar-refractivity contribution in [1.29, 1.82) is 0 Å². The fraction of sp³-hybridized carbons (Fsp3) is 0.733. The van der Waals surface area contributed by atoms with Gasteiger partial charge in [-0.2, -0.15) is 0 Å². The highest BCUT2D eigenvalue weighted by Gasteiger charge is 2.89. The van der Waals surface area contributed by atoms with Crippen molar-refractivity contribution in [2.24, 2.45) is 21.7 Å². The van der Waals surface area contributed by atoms with E-state index in [1.165, 1.54) is 55.4 Å². The predicted molar refractivity (Wildman–Crippen MR) is 152 cm³/mol. The van der Waals surface area contributed by atoms with Gasteiger partial charge in [0.2, 0.25) is 0 Å². The van der Waals surface area contributed by atoms with Crippen LogP contribution in [0.4, 0.5) is 0 Å². The van der Waals surface area contributed by atoms with E-state index < -0.39 is 135 Å². The molecule has 0 bridgehead atoms. The minimum absolute atomic E-state index is 0.450. The first-order valence-corrected chi connectivity index (χ1v) is 15.1. The van der Waals surface area contributed by atoms with Crippen molar-refractivity contribution in [2.75, 3.05) is 52.9 Å². The van der Waals surface area contributed by atoms with Gasteiger partial charge in [-0.1, -0.05) is 0 Å².